The van der Waals surface area contributed by atoms with Crippen LogP contribution in [0.5, 0.6) is 0 Å². The molecule has 0 saturated carbocycles. The molecule has 2 aromatic rings. The topological polar surface area (TPSA) is 55.4 Å². The summed E-state index contributed by atoms with van der Waals surface area (Å²) in [5.41, 5.74) is 2.46. The van der Waals surface area contributed by atoms with E-state index >= 15 is 0 Å². The standard InChI is InChI=1S/C17H18ClNO3S/c1-4-14-10(2)8-15(23-14)17(21)22-9-16(20)19-13-7-5-6-12(18)11(13)3/h5-8H,4,9H2,1-3H3,(H,19,20). The minimum Gasteiger partial charge on any atom is -0.451 e. The van der Waals surface area contributed by atoms with Crippen LogP contribution in [0.25, 0.3) is 0 Å². The summed E-state index contributed by atoms with van der Waals surface area (Å²) in [7, 11) is 0. The van der Waals surface area contributed by atoms with Crippen molar-refractivity contribution < 1.29 is 14.3 Å². The molecular weight excluding hydrogens is 334 g/mol. The van der Waals surface area contributed by atoms with E-state index in [9.17, 15) is 9.59 Å². The van der Waals surface area contributed by atoms with Crippen LogP contribution >= 0.6 is 22.9 Å². The van der Waals surface area contributed by atoms with E-state index < -0.39 is 11.9 Å². The first-order valence-electron chi connectivity index (χ1n) is 7.23. The number of halogens is 1. The minimum atomic E-state index is -0.476. The third-order valence-electron chi connectivity index (χ3n) is 3.42. The zero-order chi connectivity index (χ0) is 17.0. The first-order chi connectivity index (χ1) is 10.9. The number of carbonyl (C=O) groups excluding carboxylic acids is 2. The number of amides is 1. The van der Waals surface area contributed by atoms with E-state index in [0.717, 1.165) is 22.4 Å². The van der Waals surface area contributed by atoms with Gasteiger partial charge in [-0.3, -0.25) is 4.79 Å². The molecule has 0 saturated heterocycles. The zero-order valence-electron chi connectivity index (χ0n) is 13.2. The molecule has 0 radical (unpaired) electrons. The van der Waals surface area contributed by atoms with E-state index in [0.29, 0.717) is 15.6 Å². The Morgan fingerprint density at radius 3 is 2.70 bits per heavy atom. The number of nitrogens with one attached hydrogen (secondary N) is 1. The Morgan fingerprint density at radius 1 is 1.30 bits per heavy atom. The van der Waals surface area contributed by atoms with Gasteiger partial charge in [-0.05, 0) is 49.6 Å². The SMILES string of the molecule is CCc1sc(C(=O)OCC(=O)Nc2cccc(Cl)c2C)cc1C. The van der Waals surface area contributed by atoms with Gasteiger partial charge in [-0.2, -0.15) is 0 Å². The van der Waals surface area contributed by atoms with Gasteiger partial charge in [-0.25, -0.2) is 4.79 Å². The molecule has 0 bridgehead atoms. The highest BCUT2D eigenvalue weighted by molar-refractivity contribution is 7.14. The first-order valence-corrected chi connectivity index (χ1v) is 8.43. The Bertz CT molecular complexity index is 739. The predicted molar refractivity (Wildman–Crippen MR) is 93.5 cm³/mol. The van der Waals surface area contributed by atoms with E-state index in [-0.39, 0.29) is 6.61 Å². The molecule has 1 N–H and O–H groups in total. The summed E-state index contributed by atoms with van der Waals surface area (Å²) >= 11 is 7.40. The van der Waals surface area contributed by atoms with Crippen molar-refractivity contribution in [2.75, 3.05) is 11.9 Å². The average Bonchev–Trinajstić information content (AvgIpc) is 2.90. The lowest BCUT2D eigenvalue weighted by Gasteiger charge is -2.09. The van der Waals surface area contributed by atoms with Gasteiger partial charge in [-0.1, -0.05) is 24.6 Å². The van der Waals surface area contributed by atoms with Crippen LogP contribution in [0, 0.1) is 13.8 Å². The third kappa shape index (κ3) is 4.33. The second kappa shape index (κ2) is 7.62. The molecule has 4 nitrogen and oxygen atoms in total. The summed E-state index contributed by atoms with van der Waals surface area (Å²) in [4.78, 5) is 25.6. The van der Waals surface area contributed by atoms with Crippen LogP contribution < -0.4 is 5.32 Å². The van der Waals surface area contributed by atoms with Crippen LogP contribution in [-0.2, 0) is 16.0 Å². The van der Waals surface area contributed by atoms with Gasteiger partial charge in [0.1, 0.15) is 4.88 Å². The summed E-state index contributed by atoms with van der Waals surface area (Å²) in [6.07, 6.45) is 0.873. The quantitative estimate of drug-likeness (QED) is 0.813. The number of hydrogen-bond acceptors (Lipinski definition) is 4. The fourth-order valence-electron chi connectivity index (χ4n) is 2.10. The monoisotopic (exact) mass is 351 g/mol. The van der Waals surface area contributed by atoms with Crippen LogP contribution in [-0.4, -0.2) is 18.5 Å². The maximum Gasteiger partial charge on any atom is 0.348 e. The van der Waals surface area contributed by atoms with Gasteiger partial charge in [-0.15, -0.1) is 11.3 Å². The Hall–Kier alpha value is -1.85. The summed E-state index contributed by atoms with van der Waals surface area (Å²) in [6.45, 7) is 5.48. The van der Waals surface area contributed by atoms with Crippen molar-refractivity contribution in [1.29, 1.82) is 0 Å². The highest BCUT2D eigenvalue weighted by atomic mass is 35.5. The van der Waals surface area contributed by atoms with Gasteiger partial charge in [0.15, 0.2) is 6.61 Å². The molecule has 0 aliphatic carbocycles. The van der Waals surface area contributed by atoms with E-state index in [1.807, 2.05) is 20.8 Å². The number of ether oxygens (including phenoxy) is 1. The molecule has 0 aliphatic rings. The molecule has 122 valence electrons. The highest BCUT2D eigenvalue weighted by Gasteiger charge is 2.15. The molecule has 0 fully saturated rings. The molecule has 6 heteroatoms. The molecular formula is C17H18ClNO3S. The van der Waals surface area contributed by atoms with E-state index in [1.54, 1.807) is 24.3 Å². The highest BCUT2D eigenvalue weighted by Crippen LogP contribution is 2.24. The lowest BCUT2D eigenvalue weighted by molar-refractivity contribution is -0.119. The number of aryl methyl sites for hydroxylation is 2. The molecule has 0 aliphatic heterocycles. The molecule has 1 amide bonds. The molecule has 2 rings (SSSR count). The maximum absolute atomic E-state index is 12.0. The van der Waals surface area contributed by atoms with Gasteiger partial charge < -0.3 is 10.1 Å². The average molecular weight is 352 g/mol. The van der Waals surface area contributed by atoms with Crippen LogP contribution in [0.3, 0.4) is 0 Å². The number of esters is 1. The molecule has 1 aromatic heterocycles. The molecule has 0 spiro atoms. The molecule has 23 heavy (non-hydrogen) atoms. The van der Waals surface area contributed by atoms with Gasteiger partial charge in [0, 0.05) is 15.6 Å². The number of anilines is 1. The van der Waals surface area contributed by atoms with Crippen LogP contribution in [0.1, 0.15) is 32.6 Å². The number of carbonyl (C=O) groups is 2. The van der Waals surface area contributed by atoms with Crippen molar-refractivity contribution in [1.82, 2.24) is 0 Å². The van der Waals surface area contributed by atoms with Crippen molar-refractivity contribution in [2.45, 2.75) is 27.2 Å². The van der Waals surface area contributed by atoms with E-state index in [4.69, 9.17) is 16.3 Å². The van der Waals surface area contributed by atoms with Crippen molar-refractivity contribution in [3.05, 3.63) is 50.2 Å². The van der Waals surface area contributed by atoms with Gasteiger partial charge in [0.25, 0.3) is 5.91 Å². The van der Waals surface area contributed by atoms with Crippen LogP contribution in [0.4, 0.5) is 5.69 Å². The largest absolute Gasteiger partial charge is 0.451 e. The van der Waals surface area contributed by atoms with Crippen molar-refractivity contribution in [3.8, 4) is 0 Å². The first kappa shape index (κ1) is 17.5. The normalized spacial score (nSPS) is 10.4. The van der Waals surface area contributed by atoms with E-state index in [2.05, 4.69) is 5.32 Å². The lowest BCUT2D eigenvalue weighted by Crippen LogP contribution is -2.21. The van der Waals surface area contributed by atoms with Crippen LogP contribution in [0.15, 0.2) is 24.3 Å². The summed E-state index contributed by atoms with van der Waals surface area (Å²) < 4.78 is 5.07. The second-order valence-corrected chi connectivity index (χ2v) is 6.65. The molecule has 1 aromatic carbocycles. The van der Waals surface area contributed by atoms with Crippen molar-refractivity contribution >= 4 is 40.5 Å². The Labute approximate surface area is 144 Å². The summed E-state index contributed by atoms with van der Waals surface area (Å²) in [5.74, 6) is -0.872. The lowest BCUT2D eigenvalue weighted by atomic mass is 10.2. The fourth-order valence-corrected chi connectivity index (χ4v) is 3.29. The third-order valence-corrected chi connectivity index (χ3v) is 5.19. The Morgan fingerprint density at radius 2 is 2.04 bits per heavy atom. The van der Waals surface area contributed by atoms with Crippen molar-refractivity contribution in [3.63, 3.8) is 0 Å². The van der Waals surface area contributed by atoms with Gasteiger partial charge in [0.2, 0.25) is 0 Å². The van der Waals surface area contributed by atoms with Gasteiger partial charge >= 0.3 is 5.97 Å². The molecule has 0 atom stereocenters. The number of thiophene rings is 1. The second-order valence-electron chi connectivity index (χ2n) is 5.11. The van der Waals surface area contributed by atoms with Crippen molar-refractivity contribution in [2.24, 2.45) is 0 Å². The fraction of sp³-hybridized carbons (Fsp3) is 0.294. The summed E-state index contributed by atoms with van der Waals surface area (Å²) in [6, 6.07) is 7.04. The van der Waals surface area contributed by atoms with Gasteiger partial charge in [0.05, 0.1) is 0 Å². The Kier molecular flexibility index (Phi) is 5.80. The number of hydrogen-bond donors (Lipinski definition) is 1. The zero-order valence-corrected chi connectivity index (χ0v) is 14.8. The van der Waals surface area contributed by atoms with Crippen LogP contribution in [0.2, 0.25) is 5.02 Å². The van der Waals surface area contributed by atoms with E-state index in [1.165, 1.54) is 11.3 Å². The smallest absolute Gasteiger partial charge is 0.348 e. The number of rotatable bonds is 5. The Balaban J connectivity index is 1.93. The maximum atomic E-state index is 12.0. The number of benzene rings is 1. The molecule has 1 heterocycles. The minimum absolute atomic E-state index is 0.330. The summed E-state index contributed by atoms with van der Waals surface area (Å²) in [5, 5.41) is 3.26. The predicted octanol–water partition coefficient (Wildman–Crippen LogP) is 4.38. The molecule has 0 unspecified atom stereocenters.